The van der Waals surface area contributed by atoms with Gasteiger partial charge in [0, 0.05) is 17.2 Å². The Bertz CT molecular complexity index is 1150. The third-order valence-electron chi connectivity index (χ3n) is 5.73. The molecule has 0 saturated heterocycles. The van der Waals surface area contributed by atoms with E-state index >= 15 is 0 Å². The molecule has 2 amide bonds. The maximum atomic E-state index is 12.1. The molecule has 2 N–H and O–H groups in total. The van der Waals surface area contributed by atoms with Gasteiger partial charge in [-0.15, -0.1) is 21.5 Å². The summed E-state index contributed by atoms with van der Waals surface area (Å²) < 4.78 is 2.06. The first kappa shape index (κ1) is 19.7. The fraction of sp³-hybridized carbons (Fsp3) is 0.550. The number of hydrogen-bond donors (Lipinski definition) is 2. The van der Waals surface area contributed by atoms with Crippen LogP contribution in [-0.4, -0.2) is 37.1 Å². The van der Waals surface area contributed by atoms with E-state index in [0.717, 1.165) is 47.4 Å². The molecule has 10 heteroatoms. The topological polar surface area (TPSA) is 101 Å². The molecular formula is C20H24N6O2S2. The van der Waals surface area contributed by atoms with Gasteiger partial charge in [0.1, 0.15) is 10.7 Å². The maximum absolute atomic E-state index is 12.1. The molecule has 5 rings (SSSR count). The molecule has 2 aliphatic carbocycles. The fourth-order valence-corrected chi connectivity index (χ4v) is 6.07. The second-order valence-corrected chi connectivity index (χ2v) is 10.2. The van der Waals surface area contributed by atoms with Gasteiger partial charge in [-0.1, -0.05) is 25.6 Å². The lowest BCUT2D eigenvalue weighted by Gasteiger charge is -2.17. The van der Waals surface area contributed by atoms with Crippen LogP contribution in [0.25, 0.3) is 15.9 Å². The summed E-state index contributed by atoms with van der Waals surface area (Å²) in [6, 6.07) is 0. The third kappa shape index (κ3) is 3.56. The van der Waals surface area contributed by atoms with Crippen LogP contribution in [0, 0.1) is 5.92 Å². The van der Waals surface area contributed by atoms with Crippen molar-refractivity contribution in [2.24, 2.45) is 5.92 Å². The SMILES string of the molecule is CCC(=O)NNC(=O)CSc1nnc2c3c4c(sc3nc(C3CC3)n12)CC(C)CC4. The second-order valence-electron chi connectivity index (χ2n) is 8.16. The molecule has 1 fully saturated rings. The number of aromatic nitrogens is 4. The largest absolute Gasteiger partial charge is 0.273 e. The summed E-state index contributed by atoms with van der Waals surface area (Å²) in [7, 11) is 0. The average molecular weight is 445 g/mol. The Labute approximate surface area is 182 Å². The van der Waals surface area contributed by atoms with Gasteiger partial charge in [-0.2, -0.15) is 0 Å². The number of fused-ring (bicyclic) bond motifs is 5. The molecule has 3 aromatic heterocycles. The smallest absolute Gasteiger partial charge is 0.248 e. The van der Waals surface area contributed by atoms with E-state index in [1.165, 1.54) is 28.6 Å². The molecule has 3 heterocycles. The highest BCUT2D eigenvalue weighted by Crippen LogP contribution is 2.44. The number of carbonyl (C=O) groups is 2. The van der Waals surface area contributed by atoms with E-state index in [2.05, 4.69) is 32.4 Å². The number of thioether (sulfide) groups is 1. The first-order valence-corrected chi connectivity index (χ1v) is 12.2. The van der Waals surface area contributed by atoms with Crippen molar-refractivity contribution in [3.63, 3.8) is 0 Å². The number of aryl methyl sites for hydroxylation is 1. The van der Waals surface area contributed by atoms with Gasteiger partial charge < -0.3 is 0 Å². The fourth-order valence-electron chi connectivity index (χ4n) is 3.94. The lowest BCUT2D eigenvalue weighted by atomic mass is 9.89. The number of carbonyl (C=O) groups excluding carboxylic acids is 2. The highest BCUT2D eigenvalue weighted by molar-refractivity contribution is 7.99. The van der Waals surface area contributed by atoms with Crippen molar-refractivity contribution >= 4 is 50.8 Å². The van der Waals surface area contributed by atoms with E-state index in [4.69, 9.17) is 4.98 Å². The molecule has 0 aromatic carbocycles. The van der Waals surface area contributed by atoms with Crippen LogP contribution in [-0.2, 0) is 22.4 Å². The Morgan fingerprint density at radius 3 is 2.77 bits per heavy atom. The van der Waals surface area contributed by atoms with Crippen molar-refractivity contribution in [2.75, 3.05) is 5.75 Å². The third-order valence-corrected chi connectivity index (χ3v) is 7.81. The average Bonchev–Trinajstić information content (AvgIpc) is 3.40. The molecule has 0 aliphatic heterocycles. The van der Waals surface area contributed by atoms with E-state index in [1.807, 2.05) is 11.3 Å². The van der Waals surface area contributed by atoms with Gasteiger partial charge in [0.15, 0.2) is 10.8 Å². The van der Waals surface area contributed by atoms with Crippen molar-refractivity contribution in [2.45, 2.75) is 63.4 Å². The molecule has 8 nitrogen and oxygen atoms in total. The minimum atomic E-state index is -0.276. The summed E-state index contributed by atoms with van der Waals surface area (Å²) in [4.78, 5) is 31.0. The number of hydrogen-bond acceptors (Lipinski definition) is 7. The van der Waals surface area contributed by atoms with Crippen LogP contribution in [0.4, 0.5) is 0 Å². The first-order valence-electron chi connectivity index (χ1n) is 10.4. The van der Waals surface area contributed by atoms with Gasteiger partial charge in [-0.3, -0.25) is 24.8 Å². The Balaban J connectivity index is 1.49. The molecule has 2 aliphatic rings. The lowest BCUT2D eigenvalue weighted by molar-refractivity contribution is -0.127. The highest BCUT2D eigenvalue weighted by Gasteiger charge is 2.32. The Hall–Kier alpha value is -2.20. The van der Waals surface area contributed by atoms with E-state index in [0.29, 0.717) is 23.4 Å². The number of thiophene rings is 1. The molecule has 1 atom stereocenters. The van der Waals surface area contributed by atoms with Crippen molar-refractivity contribution in [3.05, 3.63) is 16.3 Å². The van der Waals surface area contributed by atoms with Crippen molar-refractivity contribution in [1.29, 1.82) is 0 Å². The molecule has 158 valence electrons. The number of rotatable bonds is 5. The Morgan fingerprint density at radius 2 is 2.00 bits per heavy atom. The van der Waals surface area contributed by atoms with Crippen molar-refractivity contribution in [1.82, 2.24) is 30.4 Å². The molecule has 3 aromatic rings. The zero-order chi connectivity index (χ0) is 20.8. The lowest BCUT2D eigenvalue weighted by Crippen LogP contribution is -2.42. The molecule has 0 bridgehead atoms. The molecule has 1 unspecified atom stereocenters. The van der Waals surface area contributed by atoms with Crippen LogP contribution in [0.3, 0.4) is 0 Å². The summed E-state index contributed by atoms with van der Waals surface area (Å²) in [6.45, 7) is 4.04. The van der Waals surface area contributed by atoms with Crippen LogP contribution in [0.5, 0.6) is 0 Å². The summed E-state index contributed by atoms with van der Waals surface area (Å²) in [5.74, 6) is 1.80. The van der Waals surface area contributed by atoms with Crippen molar-refractivity contribution in [3.8, 4) is 0 Å². The molecule has 1 saturated carbocycles. The molecule has 0 radical (unpaired) electrons. The monoisotopic (exact) mass is 444 g/mol. The summed E-state index contributed by atoms with van der Waals surface area (Å²) in [6.07, 6.45) is 5.93. The van der Waals surface area contributed by atoms with Crippen molar-refractivity contribution < 1.29 is 9.59 Å². The highest BCUT2D eigenvalue weighted by atomic mass is 32.2. The number of nitrogens with one attached hydrogen (secondary N) is 2. The Morgan fingerprint density at radius 1 is 1.20 bits per heavy atom. The van der Waals surface area contributed by atoms with Crippen LogP contribution in [0.15, 0.2) is 5.16 Å². The minimum Gasteiger partial charge on any atom is -0.273 e. The van der Waals surface area contributed by atoms with E-state index in [9.17, 15) is 9.59 Å². The van der Waals surface area contributed by atoms with E-state index < -0.39 is 0 Å². The number of nitrogens with zero attached hydrogens (tertiary/aromatic N) is 4. The molecule has 30 heavy (non-hydrogen) atoms. The van der Waals surface area contributed by atoms with Gasteiger partial charge in [-0.05, 0) is 43.6 Å². The minimum absolute atomic E-state index is 0.145. The normalized spacial score (nSPS) is 18.5. The maximum Gasteiger partial charge on any atom is 0.248 e. The Kier molecular flexibility index (Phi) is 5.14. The summed E-state index contributed by atoms with van der Waals surface area (Å²) in [5.41, 5.74) is 7.08. The number of hydrazine groups is 1. The number of amides is 2. The van der Waals surface area contributed by atoms with Gasteiger partial charge >= 0.3 is 0 Å². The summed E-state index contributed by atoms with van der Waals surface area (Å²) >= 11 is 3.13. The van der Waals surface area contributed by atoms with Gasteiger partial charge in [0.05, 0.1) is 11.1 Å². The zero-order valence-corrected chi connectivity index (χ0v) is 18.7. The van der Waals surface area contributed by atoms with E-state index in [1.54, 1.807) is 6.92 Å². The molecular weight excluding hydrogens is 420 g/mol. The second kappa shape index (κ2) is 7.81. The quantitative estimate of drug-likeness (QED) is 0.463. The van der Waals surface area contributed by atoms with E-state index in [-0.39, 0.29) is 17.6 Å². The predicted octanol–water partition coefficient (Wildman–Crippen LogP) is 2.99. The first-order chi connectivity index (χ1) is 14.5. The van der Waals surface area contributed by atoms with Gasteiger partial charge in [0.2, 0.25) is 11.8 Å². The van der Waals surface area contributed by atoms with Crippen LogP contribution < -0.4 is 10.9 Å². The van der Waals surface area contributed by atoms with Crippen LogP contribution in [0.1, 0.15) is 61.7 Å². The predicted molar refractivity (Wildman–Crippen MR) is 117 cm³/mol. The molecule has 0 spiro atoms. The van der Waals surface area contributed by atoms with Crippen LogP contribution >= 0.6 is 23.1 Å². The summed E-state index contributed by atoms with van der Waals surface area (Å²) in [5, 5.41) is 10.8. The standard InChI is InChI=1S/C20H24N6O2S2/c1-3-14(27)22-23-15(28)9-29-20-25-24-18-16-12-7-4-10(2)8-13(12)30-19(16)21-17(26(18)20)11-5-6-11/h10-11H,3-9H2,1-2H3,(H,22,27)(H,23,28). The zero-order valence-electron chi connectivity index (χ0n) is 17.0. The van der Waals surface area contributed by atoms with Crippen LogP contribution in [0.2, 0.25) is 0 Å². The van der Waals surface area contributed by atoms with Gasteiger partial charge in [-0.25, -0.2) is 4.98 Å². The van der Waals surface area contributed by atoms with Gasteiger partial charge in [0.25, 0.3) is 0 Å².